The number of ether oxygens (including phenoxy) is 2. The van der Waals surface area contributed by atoms with Gasteiger partial charge in [-0.15, -0.1) is 0 Å². The Kier molecular flexibility index (Phi) is 24.3. The highest BCUT2D eigenvalue weighted by Crippen LogP contribution is 2.60. The monoisotopic (exact) mass is 1330 g/mol. The Labute approximate surface area is 559 Å². The molecule has 95 heavy (non-hydrogen) atoms. The van der Waals surface area contributed by atoms with Crippen molar-refractivity contribution in [1.29, 1.82) is 0 Å². The number of rotatable bonds is 19. The van der Waals surface area contributed by atoms with Crippen molar-refractivity contribution in [2.75, 3.05) is 46.4 Å². The minimum absolute atomic E-state index is 0.0361. The van der Waals surface area contributed by atoms with Crippen molar-refractivity contribution >= 4 is 84.4 Å². The molecular weight excluding hydrogens is 1250 g/mol. The van der Waals surface area contributed by atoms with Gasteiger partial charge in [0.15, 0.2) is 11.6 Å². The molecule has 24 nitrogen and oxygen atoms in total. The van der Waals surface area contributed by atoms with E-state index < -0.39 is 96.1 Å². The third-order valence-electron chi connectivity index (χ3n) is 18.8. The first-order chi connectivity index (χ1) is 44.7. The zero-order chi connectivity index (χ0) is 70.2. The Morgan fingerprint density at radius 3 is 1.94 bits per heavy atom. The zero-order valence-corrected chi connectivity index (χ0v) is 56.7. The molecule has 4 heterocycles. The minimum atomic E-state index is -1.48. The van der Waals surface area contributed by atoms with Crippen molar-refractivity contribution in [2.45, 2.75) is 156 Å². The summed E-state index contributed by atoms with van der Waals surface area (Å²) in [4.78, 5) is 127. The number of carbonyl (C=O) groups is 10. The van der Waals surface area contributed by atoms with E-state index in [4.69, 9.17) is 40.8 Å². The summed E-state index contributed by atoms with van der Waals surface area (Å²) in [7, 11) is -0.565. The summed E-state index contributed by atoms with van der Waals surface area (Å²) in [6.45, 7) is 23.6. The van der Waals surface area contributed by atoms with E-state index >= 15 is 0 Å². The van der Waals surface area contributed by atoms with Gasteiger partial charge in [-0.1, -0.05) is 93.4 Å². The fourth-order valence-corrected chi connectivity index (χ4v) is 13.2. The topological polar surface area (TPSA) is 329 Å². The number of esters is 1. The average molecular weight is 1330 g/mol. The predicted octanol–water partition coefficient (Wildman–Crippen LogP) is 8.30. The zero-order valence-electron chi connectivity index (χ0n) is 56.0. The first-order valence-electron chi connectivity index (χ1n) is 32.0. The van der Waals surface area contributed by atoms with Gasteiger partial charge >= 0.3 is 61.2 Å². The van der Waals surface area contributed by atoms with Crippen LogP contribution >= 0.6 is 11.6 Å². The Hall–Kier alpha value is -8.16. The molecule has 0 radical (unpaired) electrons. The normalized spacial score (nSPS) is 21.7. The van der Waals surface area contributed by atoms with Gasteiger partial charge in [0.2, 0.25) is 0 Å². The molecule has 4 fully saturated rings. The average Bonchev–Trinajstić information content (AvgIpc) is 1.68. The molecule has 4 aliphatic heterocycles. The standard InChI is InChI=1S/C36H52BNO6.C25H26BN3O9.C7H9ClN2O3/c1-11-26-20-30(35(26,7)8)36(9)23(3)43-37(44-36)27(21-29(39)31(38)24-17-15-22(2)16-18-24)19-25-13-12-14-28(32(25)41-10)33(40)42-34(4,5)6;1-2-28-10-11-29(23(33)22(28)32)25(36)27-20(14-6-8-17(30)9-7-14)19(31)13-16-12-15-4-3-5-18(24(34)35)21(15)38-26(16)37;1-2-9-3-4-10(7(8)13)6(12)5(9)11/h12-18,23,26-27,30-31H,11,19-21,38H2,1-10H3;3-9,16,20,30,37H,2,10-13H2,1H3,(H,27,36)(H,34,35);2-4H2,1H3/t23?,26-,27+,30-,31?,36+;16-,20?;/m01./s1. The van der Waals surface area contributed by atoms with E-state index in [-0.39, 0.29) is 79.1 Å². The number of phenols is 1. The summed E-state index contributed by atoms with van der Waals surface area (Å²) >= 11 is 5.10. The summed E-state index contributed by atoms with van der Waals surface area (Å²) in [6, 6.07) is 20.3. The van der Waals surface area contributed by atoms with Crippen LogP contribution in [0.25, 0.3) is 0 Å². The largest absolute Gasteiger partial charge is 0.535 e. The molecule has 7 amide bonds. The number of nitrogens with zero attached hydrogens (tertiary/aromatic N) is 4. The number of halogens is 1. The number of piperazine rings is 2. The Bertz CT molecular complexity index is 3530. The second-order valence-electron chi connectivity index (χ2n) is 26.3. The Balaban J connectivity index is 0.000000227. The highest BCUT2D eigenvalue weighted by Gasteiger charge is 2.62. The number of carbonyl (C=O) groups excluding carboxylic acids is 9. The number of phenolic OH excluding ortho intramolecular Hbond substituents is 1. The highest BCUT2D eigenvalue weighted by atomic mass is 35.5. The van der Waals surface area contributed by atoms with Gasteiger partial charge in [0.25, 0.3) is 0 Å². The number of hydrogen-bond acceptors (Lipinski definition) is 18. The molecule has 0 bridgehead atoms. The summed E-state index contributed by atoms with van der Waals surface area (Å²) in [5.74, 6) is -5.37. The van der Waals surface area contributed by atoms with Crippen molar-refractivity contribution in [3.8, 4) is 17.2 Å². The number of nitrogens with one attached hydrogen (secondary N) is 1. The van der Waals surface area contributed by atoms with Gasteiger partial charge in [-0.3, -0.25) is 43.4 Å². The lowest BCUT2D eigenvalue weighted by atomic mass is 9.49. The molecule has 3 unspecified atom stereocenters. The number of aromatic hydroxyl groups is 1. The van der Waals surface area contributed by atoms with Gasteiger partial charge in [-0.25, -0.2) is 14.4 Å². The van der Waals surface area contributed by atoms with Crippen LogP contribution in [0.4, 0.5) is 9.59 Å². The molecule has 8 atom stereocenters. The van der Waals surface area contributed by atoms with Crippen LogP contribution in [-0.4, -0.2) is 171 Å². The summed E-state index contributed by atoms with van der Waals surface area (Å²) in [5.41, 5.74) is 9.20. The van der Waals surface area contributed by atoms with Gasteiger partial charge in [0.1, 0.15) is 34.5 Å². The van der Waals surface area contributed by atoms with E-state index in [1.165, 1.54) is 46.2 Å². The molecule has 6 N–H and O–H groups in total. The van der Waals surface area contributed by atoms with Crippen LogP contribution in [-0.2, 0) is 55.7 Å². The predicted molar refractivity (Wildman–Crippen MR) is 352 cm³/mol. The maximum absolute atomic E-state index is 13.8. The molecule has 27 heteroatoms. The molecule has 4 aromatic rings. The summed E-state index contributed by atoms with van der Waals surface area (Å²) in [6.07, 6.45) is 2.49. The van der Waals surface area contributed by atoms with E-state index in [1.807, 2.05) is 64.1 Å². The van der Waals surface area contributed by atoms with Crippen LogP contribution < -0.4 is 20.4 Å². The summed E-state index contributed by atoms with van der Waals surface area (Å²) < 4.78 is 30.4. The second-order valence-corrected chi connectivity index (χ2v) is 26.7. The number of ketones is 2. The number of nitrogens with two attached hydrogens (primary N) is 1. The lowest BCUT2D eigenvalue weighted by Crippen LogP contribution is -2.59. The molecule has 5 aliphatic rings. The van der Waals surface area contributed by atoms with Crippen molar-refractivity contribution in [1.82, 2.24) is 24.9 Å². The minimum Gasteiger partial charge on any atom is -0.535 e. The van der Waals surface area contributed by atoms with Gasteiger partial charge in [-0.05, 0) is 150 Å². The molecule has 510 valence electrons. The molecule has 9 rings (SSSR count). The highest BCUT2D eigenvalue weighted by molar-refractivity contribution is 6.65. The van der Waals surface area contributed by atoms with Crippen molar-refractivity contribution in [3.63, 3.8) is 0 Å². The van der Waals surface area contributed by atoms with Crippen LogP contribution in [0.1, 0.15) is 156 Å². The number of aromatic carboxylic acids is 1. The van der Waals surface area contributed by atoms with Crippen LogP contribution in [0.5, 0.6) is 17.2 Å². The third kappa shape index (κ3) is 17.1. The quantitative estimate of drug-likeness (QED) is 0.0194. The van der Waals surface area contributed by atoms with Crippen molar-refractivity contribution in [2.24, 2.45) is 23.0 Å². The second kappa shape index (κ2) is 31.1. The smallest absolute Gasteiger partial charge is 0.526 e. The number of methoxy groups -OCH3 is 1. The lowest BCUT2D eigenvalue weighted by molar-refractivity contribution is -0.153. The molecule has 1 saturated carbocycles. The van der Waals surface area contributed by atoms with Crippen molar-refractivity contribution < 1.29 is 86.6 Å². The number of carboxylic acids is 1. The molecule has 1 aliphatic carbocycles. The number of likely N-dealkylation sites (N-methyl/N-ethyl adjacent to an activating group) is 2. The van der Waals surface area contributed by atoms with E-state index in [0.29, 0.717) is 60.3 Å². The van der Waals surface area contributed by atoms with E-state index in [9.17, 15) is 63.2 Å². The van der Waals surface area contributed by atoms with Crippen LogP contribution in [0.15, 0.2) is 84.9 Å². The van der Waals surface area contributed by atoms with Crippen LogP contribution in [0, 0.1) is 24.2 Å². The third-order valence-corrected chi connectivity index (χ3v) is 19.0. The first-order valence-corrected chi connectivity index (χ1v) is 32.4. The van der Waals surface area contributed by atoms with Crippen LogP contribution in [0.2, 0.25) is 11.6 Å². The Morgan fingerprint density at radius 2 is 1.38 bits per heavy atom. The molecular formula is C68H87B2ClN6O18. The van der Waals surface area contributed by atoms with Crippen LogP contribution in [0.3, 0.4) is 0 Å². The number of benzene rings is 4. The lowest BCUT2D eigenvalue weighted by Gasteiger charge is -2.59. The number of hydrogen-bond donors (Lipinski definition) is 5. The van der Waals surface area contributed by atoms with E-state index in [1.54, 1.807) is 33.1 Å². The maximum atomic E-state index is 13.8. The number of Topliss-reactive ketones (excluding diaryl/α,β-unsaturated/α-hetero) is 2. The van der Waals surface area contributed by atoms with Gasteiger partial charge < -0.3 is 59.5 Å². The molecule has 3 saturated heterocycles. The molecule has 4 aromatic carbocycles. The van der Waals surface area contributed by atoms with Gasteiger partial charge in [0.05, 0.1) is 30.4 Å². The maximum Gasteiger partial charge on any atom is 0.526 e. The number of amides is 7. The van der Waals surface area contributed by atoms with E-state index in [0.717, 1.165) is 39.3 Å². The number of fused-ring (bicyclic) bond motifs is 1. The van der Waals surface area contributed by atoms with E-state index in [2.05, 4.69) is 39.9 Å². The molecule has 0 spiro atoms. The van der Waals surface area contributed by atoms with Gasteiger partial charge in [-0.2, -0.15) is 0 Å². The fourth-order valence-electron chi connectivity index (χ4n) is 13.1. The fraction of sp³-hybridized carbons (Fsp3) is 0.500. The Morgan fingerprint density at radius 1 is 0.800 bits per heavy atom. The number of urea groups is 1. The summed E-state index contributed by atoms with van der Waals surface area (Å²) in [5, 5.41) is 31.3. The number of imide groups is 2. The van der Waals surface area contributed by atoms with Gasteiger partial charge in [0, 0.05) is 63.7 Å². The van der Waals surface area contributed by atoms with Crippen molar-refractivity contribution in [3.05, 3.63) is 124 Å². The molecule has 0 aromatic heterocycles. The number of para-hydroxylation sites is 2. The number of aryl methyl sites for hydroxylation is 1. The SMILES string of the molecule is CCN1CCN(C(=O)Cl)C(=O)C1=O.CCN1CCN(C(=O)NC(C(=O)C[C@H]2Cc3cccc(C(=O)O)c3OB2O)c2ccc(O)cc2)C(=O)C1=O.CC[C@H]1C[C@H]([C@]2(C)OB([C@@H](CC(=O)C(N)c3ccc(C)cc3)Cc3cccc(C(=O)OC(C)(C)C)c3OC)OC2C)C1(C)C. The number of carboxylic acid groups (broad SMARTS) is 1. The first kappa shape index (κ1) is 74.2.